The number of anilines is 1. The summed E-state index contributed by atoms with van der Waals surface area (Å²) >= 11 is 11.8. The highest BCUT2D eigenvalue weighted by Crippen LogP contribution is 2.29. The van der Waals surface area contributed by atoms with Crippen molar-refractivity contribution >= 4 is 34.8 Å². The first-order valence-electron chi connectivity index (χ1n) is 6.26. The summed E-state index contributed by atoms with van der Waals surface area (Å²) in [5.74, 6) is -0.584. The van der Waals surface area contributed by atoms with Gasteiger partial charge >= 0.3 is 0 Å². The topological polar surface area (TPSA) is 41.1 Å². The van der Waals surface area contributed by atoms with E-state index in [1.54, 1.807) is 36.4 Å². The molecule has 21 heavy (non-hydrogen) atoms. The van der Waals surface area contributed by atoms with Gasteiger partial charge < -0.3 is 10.6 Å². The monoisotopic (exact) mass is 326 g/mol. The van der Waals surface area contributed by atoms with Crippen LogP contribution in [-0.2, 0) is 11.3 Å². The summed E-state index contributed by atoms with van der Waals surface area (Å²) in [4.78, 5) is 11.8. The SMILES string of the molecule is O=C(CNCc1ccccc1F)Nc1cccc(Cl)c1Cl. The summed E-state index contributed by atoms with van der Waals surface area (Å²) in [6.45, 7) is 0.306. The predicted molar refractivity (Wildman–Crippen MR) is 83.2 cm³/mol. The third-order valence-electron chi connectivity index (χ3n) is 2.78. The van der Waals surface area contributed by atoms with Crippen LogP contribution in [0.2, 0.25) is 10.0 Å². The molecule has 6 heteroatoms. The zero-order chi connectivity index (χ0) is 15.2. The van der Waals surface area contributed by atoms with Gasteiger partial charge in [-0.05, 0) is 18.2 Å². The zero-order valence-electron chi connectivity index (χ0n) is 11.0. The van der Waals surface area contributed by atoms with Crippen LogP contribution in [0.5, 0.6) is 0 Å². The molecule has 2 rings (SSSR count). The van der Waals surface area contributed by atoms with Gasteiger partial charge in [0, 0.05) is 12.1 Å². The summed E-state index contributed by atoms with van der Waals surface area (Å²) in [7, 11) is 0. The largest absolute Gasteiger partial charge is 0.324 e. The maximum Gasteiger partial charge on any atom is 0.238 e. The third kappa shape index (κ3) is 4.43. The van der Waals surface area contributed by atoms with Gasteiger partial charge in [0.15, 0.2) is 0 Å². The quantitative estimate of drug-likeness (QED) is 0.875. The molecule has 2 aromatic rings. The van der Waals surface area contributed by atoms with Gasteiger partial charge in [0.25, 0.3) is 0 Å². The lowest BCUT2D eigenvalue weighted by atomic mass is 10.2. The molecule has 0 heterocycles. The molecule has 3 nitrogen and oxygen atoms in total. The fourth-order valence-corrected chi connectivity index (χ4v) is 2.09. The Balaban J connectivity index is 1.85. The van der Waals surface area contributed by atoms with E-state index in [0.29, 0.717) is 21.3 Å². The van der Waals surface area contributed by atoms with Crippen molar-refractivity contribution in [3.8, 4) is 0 Å². The van der Waals surface area contributed by atoms with Crippen LogP contribution >= 0.6 is 23.2 Å². The molecule has 0 aliphatic heterocycles. The predicted octanol–water partition coefficient (Wildman–Crippen LogP) is 3.86. The number of halogens is 3. The number of carbonyl (C=O) groups is 1. The van der Waals surface area contributed by atoms with Gasteiger partial charge in [-0.3, -0.25) is 4.79 Å². The van der Waals surface area contributed by atoms with Gasteiger partial charge in [0.2, 0.25) is 5.91 Å². The molecule has 0 spiro atoms. The number of amides is 1. The molecule has 0 saturated heterocycles. The lowest BCUT2D eigenvalue weighted by Crippen LogP contribution is -2.28. The fraction of sp³-hybridized carbons (Fsp3) is 0.133. The van der Waals surface area contributed by atoms with E-state index in [0.717, 1.165) is 0 Å². The first-order chi connectivity index (χ1) is 10.1. The van der Waals surface area contributed by atoms with Crippen molar-refractivity contribution in [2.24, 2.45) is 0 Å². The van der Waals surface area contributed by atoms with Gasteiger partial charge in [-0.15, -0.1) is 0 Å². The van der Waals surface area contributed by atoms with Gasteiger partial charge in [0.05, 0.1) is 22.3 Å². The zero-order valence-corrected chi connectivity index (χ0v) is 12.5. The van der Waals surface area contributed by atoms with E-state index in [4.69, 9.17) is 23.2 Å². The van der Waals surface area contributed by atoms with Crippen molar-refractivity contribution < 1.29 is 9.18 Å². The van der Waals surface area contributed by atoms with Gasteiger partial charge in [-0.1, -0.05) is 47.5 Å². The van der Waals surface area contributed by atoms with E-state index >= 15 is 0 Å². The number of benzene rings is 2. The molecule has 0 bridgehead atoms. The molecule has 2 aromatic carbocycles. The first kappa shape index (κ1) is 15.8. The average molecular weight is 327 g/mol. The van der Waals surface area contributed by atoms with Crippen LogP contribution in [0.15, 0.2) is 42.5 Å². The minimum absolute atomic E-state index is 0.0389. The van der Waals surface area contributed by atoms with Crippen molar-refractivity contribution in [2.45, 2.75) is 6.54 Å². The van der Waals surface area contributed by atoms with Crippen molar-refractivity contribution in [1.82, 2.24) is 5.32 Å². The van der Waals surface area contributed by atoms with Crippen molar-refractivity contribution in [3.05, 3.63) is 63.9 Å². The van der Waals surface area contributed by atoms with E-state index in [-0.39, 0.29) is 24.8 Å². The molecule has 0 aliphatic rings. The Morgan fingerprint density at radius 2 is 1.86 bits per heavy atom. The maximum absolute atomic E-state index is 13.4. The number of nitrogens with one attached hydrogen (secondary N) is 2. The summed E-state index contributed by atoms with van der Waals surface area (Å²) in [6, 6.07) is 11.4. The molecule has 0 fully saturated rings. The van der Waals surface area contributed by atoms with Crippen LogP contribution in [0.25, 0.3) is 0 Å². The lowest BCUT2D eigenvalue weighted by molar-refractivity contribution is -0.115. The van der Waals surface area contributed by atoms with Gasteiger partial charge in [-0.2, -0.15) is 0 Å². The van der Waals surface area contributed by atoms with E-state index in [1.807, 2.05) is 0 Å². The summed E-state index contributed by atoms with van der Waals surface area (Å²) in [5, 5.41) is 6.17. The van der Waals surface area contributed by atoms with Gasteiger partial charge in [0.1, 0.15) is 5.82 Å². The molecule has 0 unspecified atom stereocenters. The Labute approximate surface area is 132 Å². The second kappa shape index (κ2) is 7.41. The van der Waals surface area contributed by atoms with Crippen LogP contribution in [0.1, 0.15) is 5.56 Å². The van der Waals surface area contributed by atoms with E-state index in [2.05, 4.69) is 10.6 Å². The number of carbonyl (C=O) groups excluding carboxylic acids is 1. The molecular formula is C15H13Cl2FN2O. The molecule has 2 N–H and O–H groups in total. The first-order valence-corrected chi connectivity index (χ1v) is 7.01. The van der Waals surface area contributed by atoms with Crippen molar-refractivity contribution in [1.29, 1.82) is 0 Å². The van der Waals surface area contributed by atoms with E-state index in [9.17, 15) is 9.18 Å². The maximum atomic E-state index is 13.4. The Hall–Kier alpha value is -1.62. The second-order valence-electron chi connectivity index (χ2n) is 4.34. The van der Waals surface area contributed by atoms with Crippen LogP contribution in [0.3, 0.4) is 0 Å². The van der Waals surface area contributed by atoms with Gasteiger partial charge in [-0.25, -0.2) is 4.39 Å². The highest BCUT2D eigenvalue weighted by Gasteiger charge is 2.08. The highest BCUT2D eigenvalue weighted by molar-refractivity contribution is 6.43. The van der Waals surface area contributed by atoms with Crippen LogP contribution in [-0.4, -0.2) is 12.5 Å². The molecule has 0 radical (unpaired) electrons. The second-order valence-corrected chi connectivity index (χ2v) is 5.13. The lowest BCUT2D eigenvalue weighted by Gasteiger charge is -2.09. The molecular weight excluding hydrogens is 314 g/mol. The number of hydrogen-bond donors (Lipinski definition) is 2. The number of rotatable bonds is 5. The highest BCUT2D eigenvalue weighted by atomic mass is 35.5. The normalized spacial score (nSPS) is 10.4. The van der Waals surface area contributed by atoms with Crippen molar-refractivity contribution in [2.75, 3.05) is 11.9 Å². The Kier molecular flexibility index (Phi) is 5.56. The van der Waals surface area contributed by atoms with E-state index in [1.165, 1.54) is 6.07 Å². The molecule has 0 atom stereocenters. The minimum atomic E-state index is -0.303. The Morgan fingerprint density at radius 3 is 2.62 bits per heavy atom. The molecule has 0 aromatic heterocycles. The summed E-state index contributed by atoms with van der Waals surface area (Å²) < 4.78 is 13.4. The molecule has 0 aliphatic carbocycles. The minimum Gasteiger partial charge on any atom is -0.324 e. The molecule has 110 valence electrons. The van der Waals surface area contributed by atoms with Crippen LogP contribution < -0.4 is 10.6 Å². The van der Waals surface area contributed by atoms with Crippen molar-refractivity contribution in [3.63, 3.8) is 0 Å². The molecule has 1 amide bonds. The smallest absolute Gasteiger partial charge is 0.238 e. The number of hydrogen-bond acceptors (Lipinski definition) is 2. The standard InChI is InChI=1S/C15H13Cl2FN2O/c16-11-5-3-7-13(15(11)17)20-14(21)9-19-8-10-4-1-2-6-12(10)18/h1-7,19H,8-9H2,(H,20,21). The summed E-state index contributed by atoms with van der Waals surface area (Å²) in [5.41, 5.74) is 0.952. The summed E-state index contributed by atoms with van der Waals surface area (Å²) in [6.07, 6.45) is 0. The van der Waals surface area contributed by atoms with Crippen LogP contribution in [0.4, 0.5) is 10.1 Å². The molecule has 0 saturated carbocycles. The Bertz CT molecular complexity index is 649. The fourth-order valence-electron chi connectivity index (χ4n) is 1.75. The van der Waals surface area contributed by atoms with Crippen LogP contribution in [0, 0.1) is 5.82 Å². The Morgan fingerprint density at radius 1 is 1.10 bits per heavy atom. The average Bonchev–Trinajstić information content (AvgIpc) is 2.46. The van der Waals surface area contributed by atoms with E-state index < -0.39 is 0 Å². The third-order valence-corrected chi connectivity index (χ3v) is 3.60.